The highest BCUT2D eigenvalue weighted by atomic mass is 15.0. The molecule has 31 rings (SSSR count). The van der Waals surface area contributed by atoms with Crippen LogP contribution in [0.25, 0.3) is 296 Å². The Labute approximate surface area is 851 Å². The number of benzene rings is 23. The number of hydrogen-bond donors (Lipinski definition) is 0. The van der Waals surface area contributed by atoms with Crippen LogP contribution in [0.2, 0.25) is 0 Å². The van der Waals surface area contributed by atoms with Crippen molar-refractivity contribution in [3.8, 4) is 101 Å². The van der Waals surface area contributed by atoms with Crippen molar-refractivity contribution in [1.29, 1.82) is 0 Å². The fourth-order valence-corrected chi connectivity index (χ4v) is 23.2. The largest absolute Gasteiger partial charge is 0.309 e. The minimum Gasteiger partial charge on any atom is -0.309 e. The maximum absolute atomic E-state index is 5.53. The topological polar surface area (TPSA) is 87.2 Å². The van der Waals surface area contributed by atoms with Crippen molar-refractivity contribution < 1.29 is 0 Å². The zero-order chi connectivity index (χ0) is 97.4. The van der Waals surface area contributed by atoms with Crippen molar-refractivity contribution in [1.82, 2.24) is 39.0 Å². The van der Waals surface area contributed by atoms with E-state index in [2.05, 4.69) is 531 Å². The average Bonchev–Trinajstić information content (AvgIpc) is 1.17. The highest BCUT2D eigenvalue weighted by molar-refractivity contribution is 6.25. The molecule has 0 atom stereocenters. The van der Waals surface area contributed by atoms with Crippen molar-refractivity contribution in [2.24, 2.45) is 0 Å². The standard InChI is InChI=1S/C52H32N4.C46H28N2.C42H26N2/c1-2-14-33(15-3-1)50-42-20-4-9-21-45(42)54-52-43(50)28-26-34-27-29-44(53-51(34)52)35-30-36(55-46-22-10-5-16-38(46)39-17-6-11-23-47(39)55)32-37(31-35)56-48-24-12-7-18-40(48)41-19-8-13-25-49(41)56;1-2-13-30(14-3-1)42-38-20-10-11-21-40(38)47-46-39(42)26-24-31-25-27-41(48-45(31)46)44-36-18-8-6-16-34(36)43(35-17-7-9-19-37(35)44)33-23-22-29-12-4-5-15-32(29)28-33;1-2-9-28(10-3-1)40-36-12-6-7-13-39(36)44-42-37(40)22-20-29-21-23-38(43-41(29)42)35-19-18-33-25-32(16-17-34(33)26-35)31-15-14-27-8-4-5-11-30(27)24-31/h1-32H;1-28H;1-26H. The molecule has 0 amide bonds. The van der Waals surface area contributed by atoms with Gasteiger partial charge in [0.2, 0.25) is 0 Å². The predicted molar refractivity (Wildman–Crippen MR) is 623 cm³/mol. The Hall–Kier alpha value is -19.8. The second-order valence-electron chi connectivity index (χ2n) is 38.5. The van der Waals surface area contributed by atoms with Crippen LogP contribution in [0.4, 0.5) is 0 Å². The van der Waals surface area contributed by atoms with Gasteiger partial charge >= 0.3 is 0 Å². The first-order valence-electron chi connectivity index (χ1n) is 50.5. The van der Waals surface area contributed by atoms with E-state index in [4.69, 9.17) is 29.9 Å². The van der Waals surface area contributed by atoms with Crippen LogP contribution in [0, 0.1) is 0 Å². The van der Waals surface area contributed by atoms with Gasteiger partial charge in [-0.2, -0.15) is 0 Å². The maximum atomic E-state index is 5.53. The summed E-state index contributed by atoms with van der Waals surface area (Å²) in [5.74, 6) is 0. The Bertz CT molecular complexity index is 10600. The van der Waals surface area contributed by atoms with E-state index in [9.17, 15) is 0 Å². The van der Waals surface area contributed by atoms with Crippen LogP contribution in [-0.2, 0) is 0 Å². The van der Waals surface area contributed by atoms with E-state index in [1.807, 2.05) is 0 Å². The lowest BCUT2D eigenvalue weighted by molar-refractivity contribution is 1.13. The third-order valence-electron chi connectivity index (χ3n) is 30.0. The fraction of sp³-hybridized carbons (Fsp3) is 0. The molecule has 0 spiro atoms. The predicted octanol–water partition coefficient (Wildman–Crippen LogP) is 37.1. The summed E-state index contributed by atoms with van der Waals surface area (Å²) in [7, 11) is 0. The van der Waals surface area contributed by atoms with Crippen LogP contribution < -0.4 is 0 Å². The lowest BCUT2D eigenvalue weighted by Crippen LogP contribution is -2.00. The van der Waals surface area contributed by atoms with Crippen molar-refractivity contribution in [2.75, 3.05) is 0 Å². The van der Waals surface area contributed by atoms with Crippen LogP contribution >= 0.6 is 0 Å². The lowest BCUT2D eigenvalue weighted by atomic mass is 9.86. The zero-order valence-electron chi connectivity index (χ0n) is 80.2. The Morgan fingerprint density at radius 2 is 0.378 bits per heavy atom. The number of para-hydroxylation sites is 7. The van der Waals surface area contributed by atoms with Crippen LogP contribution in [-0.4, -0.2) is 39.0 Å². The molecule has 148 heavy (non-hydrogen) atoms. The van der Waals surface area contributed by atoms with Crippen molar-refractivity contribution in [3.05, 3.63) is 522 Å². The fourth-order valence-electron chi connectivity index (χ4n) is 23.2. The monoisotopic (exact) mass is 1880 g/mol. The van der Waals surface area contributed by atoms with E-state index in [-0.39, 0.29) is 0 Å². The summed E-state index contributed by atoms with van der Waals surface area (Å²) in [5, 5.41) is 27.1. The number of hydrogen-bond acceptors (Lipinski definition) is 6. The summed E-state index contributed by atoms with van der Waals surface area (Å²) >= 11 is 0. The van der Waals surface area contributed by atoms with Gasteiger partial charge in [-0.15, -0.1) is 0 Å². The van der Waals surface area contributed by atoms with E-state index in [0.717, 1.165) is 143 Å². The minimum absolute atomic E-state index is 0.892. The van der Waals surface area contributed by atoms with Crippen LogP contribution in [0.15, 0.2) is 522 Å². The summed E-state index contributed by atoms with van der Waals surface area (Å²) < 4.78 is 4.81. The average molecular weight is 1880 g/mol. The van der Waals surface area contributed by atoms with Gasteiger partial charge in [0.05, 0.1) is 88.8 Å². The maximum Gasteiger partial charge on any atom is 0.0978 e. The van der Waals surface area contributed by atoms with Crippen molar-refractivity contribution in [2.45, 2.75) is 0 Å². The van der Waals surface area contributed by atoms with Crippen LogP contribution in [0.5, 0.6) is 0 Å². The Kier molecular flexibility index (Phi) is 20.2. The molecule has 8 heterocycles. The van der Waals surface area contributed by atoms with Gasteiger partial charge in [-0.05, 0) is 196 Å². The molecular weight excluding hydrogens is 1790 g/mol. The Morgan fingerprint density at radius 3 is 0.770 bits per heavy atom. The molecule has 0 aliphatic rings. The summed E-state index contributed by atoms with van der Waals surface area (Å²) in [4.78, 5) is 32.0. The molecule has 0 unspecified atom stereocenters. The van der Waals surface area contributed by atoms with Crippen LogP contribution in [0.1, 0.15) is 0 Å². The van der Waals surface area contributed by atoms with Gasteiger partial charge in [-0.1, -0.05) is 419 Å². The molecule has 686 valence electrons. The third-order valence-corrected chi connectivity index (χ3v) is 30.0. The van der Waals surface area contributed by atoms with E-state index < -0.39 is 0 Å². The number of nitrogens with zero attached hydrogens (tertiary/aromatic N) is 8. The van der Waals surface area contributed by atoms with Gasteiger partial charge in [0, 0.05) is 115 Å². The highest BCUT2D eigenvalue weighted by Crippen LogP contribution is 2.49. The number of rotatable bonds is 10. The molecule has 8 heteroatoms. The zero-order valence-corrected chi connectivity index (χ0v) is 80.2. The summed E-state index contributed by atoms with van der Waals surface area (Å²) in [5.41, 5.74) is 33.3. The molecule has 0 radical (unpaired) electrons. The molecule has 0 saturated heterocycles. The smallest absolute Gasteiger partial charge is 0.0978 e. The first-order chi connectivity index (χ1) is 73.4. The molecule has 31 aromatic rings. The molecule has 8 aromatic heterocycles. The molecule has 0 saturated carbocycles. The second kappa shape index (κ2) is 35.1. The Balaban J connectivity index is 0.000000105. The van der Waals surface area contributed by atoms with Gasteiger partial charge < -0.3 is 9.13 Å². The quantitative estimate of drug-likeness (QED) is 0.100. The van der Waals surface area contributed by atoms with Crippen LogP contribution in [0.3, 0.4) is 0 Å². The van der Waals surface area contributed by atoms with E-state index in [1.165, 1.54) is 153 Å². The number of pyridine rings is 6. The van der Waals surface area contributed by atoms with Gasteiger partial charge in [-0.3, -0.25) is 0 Å². The number of aromatic nitrogens is 8. The van der Waals surface area contributed by atoms with E-state index >= 15 is 0 Å². The van der Waals surface area contributed by atoms with Crippen molar-refractivity contribution >= 4 is 196 Å². The van der Waals surface area contributed by atoms with Gasteiger partial charge in [0.25, 0.3) is 0 Å². The molecule has 0 aliphatic carbocycles. The van der Waals surface area contributed by atoms with E-state index in [0.29, 0.717) is 0 Å². The first kappa shape index (κ1) is 85.0. The molecular formula is C140H86N8. The van der Waals surface area contributed by atoms with Gasteiger partial charge in [-0.25, -0.2) is 29.9 Å². The summed E-state index contributed by atoms with van der Waals surface area (Å²) in [6.07, 6.45) is 0. The van der Waals surface area contributed by atoms with Crippen molar-refractivity contribution in [3.63, 3.8) is 0 Å². The van der Waals surface area contributed by atoms with E-state index in [1.54, 1.807) is 0 Å². The van der Waals surface area contributed by atoms with Gasteiger partial charge in [0.1, 0.15) is 0 Å². The Morgan fingerprint density at radius 1 is 0.122 bits per heavy atom. The molecule has 0 N–H and O–H groups in total. The molecule has 23 aromatic carbocycles. The summed E-state index contributed by atoms with van der Waals surface area (Å²) in [6.45, 7) is 0. The normalized spacial score (nSPS) is 11.8. The molecule has 0 aliphatic heterocycles. The third kappa shape index (κ3) is 14.4. The molecule has 8 nitrogen and oxygen atoms in total. The molecule has 0 fully saturated rings. The lowest BCUT2D eigenvalue weighted by Gasteiger charge is -2.18. The van der Waals surface area contributed by atoms with Gasteiger partial charge in [0.15, 0.2) is 0 Å². The SMILES string of the molecule is c1ccc(-c2c3ccccc3nc3c2ccc2ccc(-c4c5ccccc5c(-c5ccc6ccccc6c5)c5ccccc45)nc23)cc1.c1ccc(-c2c3ccccc3nc3c2ccc2ccc(-c4cc(-n5c6ccccc6c6ccccc65)cc(-n5c6ccccc6c6ccccc65)c4)nc23)cc1.c1ccc(-c2c3ccccc3nc3c2ccc2ccc(-c4ccc5cc(-c6ccc7ccccc7c6)ccc5c4)nc23)cc1. The second-order valence-corrected chi connectivity index (χ2v) is 38.5. The molecule has 0 bridgehead atoms. The number of fused-ring (bicyclic) bond motifs is 23. The summed E-state index contributed by atoms with van der Waals surface area (Å²) in [6, 6.07) is 187. The highest BCUT2D eigenvalue weighted by Gasteiger charge is 2.26. The first-order valence-corrected chi connectivity index (χ1v) is 50.5. The minimum atomic E-state index is 0.892.